The summed E-state index contributed by atoms with van der Waals surface area (Å²) in [4.78, 5) is 4.34. The minimum Gasteiger partial charge on any atom is -0.356 e. The lowest BCUT2D eigenvalue weighted by atomic mass is 10.1. The van der Waals surface area contributed by atoms with Crippen LogP contribution >= 0.6 is 11.3 Å². The number of thiophene rings is 1. The van der Waals surface area contributed by atoms with Gasteiger partial charge in [-0.15, -0.1) is 11.3 Å². The van der Waals surface area contributed by atoms with Crippen molar-refractivity contribution in [2.45, 2.75) is 0 Å². The molecule has 0 radical (unpaired) electrons. The number of fused-ring (bicyclic) bond motifs is 6. The lowest BCUT2D eigenvalue weighted by Crippen LogP contribution is -1.95. The van der Waals surface area contributed by atoms with E-state index in [1.165, 1.54) is 42.0 Å². The van der Waals surface area contributed by atoms with Crippen molar-refractivity contribution in [1.29, 1.82) is 0 Å². The van der Waals surface area contributed by atoms with E-state index in [0.717, 1.165) is 17.1 Å². The third kappa shape index (κ3) is 2.92. The van der Waals surface area contributed by atoms with Crippen LogP contribution in [0.4, 0.5) is 11.4 Å². The van der Waals surface area contributed by atoms with Crippen LogP contribution in [-0.2, 0) is 0 Å². The molecular weight excluding hydrogens is 422 g/mol. The molecule has 7 aromatic rings. The fraction of sp³-hybridized carbons (Fsp3) is 0. The smallest absolute Gasteiger partial charge is 0.0571 e. The second-order valence-electron chi connectivity index (χ2n) is 8.23. The summed E-state index contributed by atoms with van der Waals surface area (Å²) in [5.74, 6) is 0. The maximum atomic E-state index is 4.34. The zero-order valence-corrected chi connectivity index (χ0v) is 18.5. The van der Waals surface area contributed by atoms with E-state index in [1.807, 2.05) is 23.7 Å². The van der Waals surface area contributed by atoms with Gasteiger partial charge in [-0.25, -0.2) is 0 Å². The van der Waals surface area contributed by atoms with Gasteiger partial charge < -0.3 is 9.88 Å². The molecule has 3 heterocycles. The number of hydrogen-bond acceptors (Lipinski definition) is 3. The molecule has 0 aliphatic rings. The molecule has 7 rings (SSSR count). The fourth-order valence-corrected chi connectivity index (χ4v) is 5.84. The zero-order chi connectivity index (χ0) is 21.8. The molecule has 0 amide bonds. The van der Waals surface area contributed by atoms with E-state index in [4.69, 9.17) is 0 Å². The average Bonchev–Trinajstić information content (AvgIpc) is 3.40. The van der Waals surface area contributed by atoms with Crippen LogP contribution in [0.15, 0.2) is 109 Å². The summed E-state index contributed by atoms with van der Waals surface area (Å²) >= 11 is 1.84. The predicted molar refractivity (Wildman–Crippen MR) is 141 cm³/mol. The molecule has 0 atom stereocenters. The van der Waals surface area contributed by atoms with Crippen molar-refractivity contribution in [3.63, 3.8) is 0 Å². The van der Waals surface area contributed by atoms with Crippen molar-refractivity contribution >= 4 is 64.7 Å². The highest BCUT2D eigenvalue weighted by Gasteiger charge is 2.12. The number of pyridine rings is 1. The molecule has 3 aromatic heterocycles. The minimum absolute atomic E-state index is 1.07. The van der Waals surface area contributed by atoms with Gasteiger partial charge in [-0.1, -0.05) is 36.4 Å². The maximum Gasteiger partial charge on any atom is 0.0571 e. The van der Waals surface area contributed by atoms with Crippen molar-refractivity contribution in [1.82, 2.24) is 9.55 Å². The lowest BCUT2D eigenvalue weighted by Gasteiger charge is -2.11. The Morgan fingerprint density at radius 1 is 0.606 bits per heavy atom. The second kappa shape index (κ2) is 7.19. The SMILES string of the molecule is c1ccc2c(c1)sc1ccc(Nc3ccc(-n4c5ccccc5c5cnccc54)cc3)cc12. The van der Waals surface area contributed by atoms with Crippen molar-refractivity contribution in [2.24, 2.45) is 0 Å². The normalized spacial score (nSPS) is 11.6. The summed E-state index contributed by atoms with van der Waals surface area (Å²) < 4.78 is 4.95. The monoisotopic (exact) mass is 441 g/mol. The number of nitrogens with zero attached hydrogens (tertiary/aromatic N) is 2. The first-order chi connectivity index (χ1) is 16.3. The van der Waals surface area contributed by atoms with E-state index in [1.54, 1.807) is 0 Å². The zero-order valence-electron chi connectivity index (χ0n) is 17.7. The third-order valence-electron chi connectivity index (χ3n) is 6.26. The Morgan fingerprint density at radius 2 is 1.33 bits per heavy atom. The van der Waals surface area contributed by atoms with Gasteiger partial charge in [0.1, 0.15) is 0 Å². The Morgan fingerprint density at radius 3 is 2.24 bits per heavy atom. The van der Waals surface area contributed by atoms with Gasteiger partial charge in [0, 0.05) is 60.4 Å². The first-order valence-corrected chi connectivity index (χ1v) is 11.8. The highest BCUT2D eigenvalue weighted by molar-refractivity contribution is 7.25. The summed E-state index contributed by atoms with van der Waals surface area (Å²) in [5, 5.41) is 8.60. The van der Waals surface area contributed by atoms with Gasteiger partial charge in [-0.2, -0.15) is 0 Å². The lowest BCUT2D eigenvalue weighted by molar-refractivity contribution is 1.17. The van der Waals surface area contributed by atoms with Crippen LogP contribution in [-0.4, -0.2) is 9.55 Å². The van der Waals surface area contributed by atoms with E-state index in [0.29, 0.717) is 0 Å². The van der Waals surface area contributed by atoms with Crippen molar-refractivity contribution in [3.05, 3.63) is 109 Å². The van der Waals surface area contributed by atoms with Crippen molar-refractivity contribution in [2.75, 3.05) is 5.32 Å². The van der Waals surface area contributed by atoms with Crippen LogP contribution in [0.2, 0.25) is 0 Å². The van der Waals surface area contributed by atoms with Crippen LogP contribution in [0.25, 0.3) is 47.7 Å². The number of anilines is 2. The summed E-state index contributed by atoms with van der Waals surface area (Å²) in [7, 11) is 0. The number of hydrogen-bond donors (Lipinski definition) is 1. The first-order valence-electron chi connectivity index (χ1n) is 11.0. The Balaban J connectivity index is 1.27. The molecule has 0 unspecified atom stereocenters. The number of benzene rings is 4. The molecule has 0 saturated carbocycles. The van der Waals surface area contributed by atoms with Crippen LogP contribution < -0.4 is 5.32 Å². The predicted octanol–water partition coefficient (Wildman–Crippen LogP) is 8.29. The van der Waals surface area contributed by atoms with Gasteiger partial charge in [-0.3, -0.25) is 4.98 Å². The third-order valence-corrected chi connectivity index (χ3v) is 7.42. The standard InChI is InChI=1S/C29H19N3S/c1-3-7-26-22(5-1)25-18-30-16-15-27(25)32(26)21-12-9-19(10-13-21)31-20-11-14-29-24(17-20)23-6-2-4-8-28(23)33-29/h1-18,31H. The first kappa shape index (κ1) is 18.4. The largest absolute Gasteiger partial charge is 0.356 e. The fourth-order valence-electron chi connectivity index (χ4n) is 4.76. The highest BCUT2D eigenvalue weighted by atomic mass is 32.1. The average molecular weight is 442 g/mol. The van der Waals surface area contributed by atoms with Gasteiger partial charge >= 0.3 is 0 Å². The Bertz CT molecular complexity index is 1740. The molecule has 4 heteroatoms. The molecule has 0 aliphatic carbocycles. The summed E-state index contributed by atoms with van der Waals surface area (Å²) in [5.41, 5.74) is 5.66. The van der Waals surface area contributed by atoms with E-state index in [2.05, 4.69) is 112 Å². The topological polar surface area (TPSA) is 29.9 Å². The molecule has 0 saturated heterocycles. The van der Waals surface area contributed by atoms with E-state index in [9.17, 15) is 0 Å². The van der Waals surface area contributed by atoms with Crippen LogP contribution in [0.3, 0.4) is 0 Å². The summed E-state index contributed by atoms with van der Waals surface area (Å²) in [6.45, 7) is 0. The molecule has 0 bridgehead atoms. The van der Waals surface area contributed by atoms with E-state index >= 15 is 0 Å². The van der Waals surface area contributed by atoms with Crippen LogP contribution in [0.5, 0.6) is 0 Å². The molecule has 1 N–H and O–H groups in total. The molecular formula is C29H19N3S. The number of nitrogens with one attached hydrogen (secondary N) is 1. The number of aromatic nitrogens is 2. The van der Waals surface area contributed by atoms with Crippen LogP contribution in [0, 0.1) is 0 Å². The summed E-state index contributed by atoms with van der Waals surface area (Å²) in [6, 6.07) is 34.5. The maximum absolute atomic E-state index is 4.34. The minimum atomic E-state index is 1.07. The van der Waals surface area contributed by atoms with Gasteiger partial charge in [0.2, 0.25) is 0 Å². The van der Waals surface area contributed by atoms with Gasteiger partial charge in [-0.05, 0) is 60.7 Å². The Kier molecular flexibility index (Phi) is 4.01. The van der Waals surface area contributed by atoms with Gasteiger partial charge in [0.25, 0.3) is 0 Å². The molecule has 0 aliphatic heterocycles. The van der Waals surface area contributed by atoms with E-state index < -0.39 is 0 Å². The molecule has 3 nitrogen and oxygen atoms in total. The van der Waals surface area contributed by atoms with E-state index in [-0.39, 0.29) is 0 Å². The molecule has 4 aromatic carbocycles. The number of rotatable bonds is 3. The van der Waals surface area contributed by atoms with Gasteiger partial charge in [0.15, 0.2) is 0 Å². The Hall–Kier alpha value is -4.15. The summed E-state index contributed by atoms with van der Waals surface area (Å²) in [6.07, 6.45) is 3.81. The highest BCUT2D eigenvalue weighted by Crippen LogP contribution is 2.36. The number of para-hydroxylation sites is 1. The molecule has 0 fully saturated rings. The van der Waals surface area contributed by atoms with Crippen LogP contribution in [0.1, 0.15) is 0 Å². The molecule has 0 spiro atoms. The second-order valence-corrected chi connectivity index (χ2v) is 9.31. The van der Waals surface area contributed by atoms with Gasteiger partial charge in [0.05, 0.1) is 11.0 Å². The quantitative estimate of drug-likeness (QED) is 0.299. The van der Waals surface area contributed by atoms with Crippen molar-refractivity contribution in [3.8, 4) is 5.69 Å². The van der Waals surface area contributed by atoms with Crippen molar-refractivity contribution < 1.29 is 0 Å². The Labute approximate surface area is 194 Å². The molecule has 33 heavy (non-hydrogen) atoms. The molecule has 156 valence electrons.